The van der Waals surface area contributed by atoms with Crippen molar-refractivity contribution in [3.8, 4) is 29.1 Å². The van der Waals surface area contributed by atoms with Gasteiger partial charge >= 0.3 is 0 Å². The number of fused-ring (bicyclic) bond motifs is 1. The summed E-state index contributed by atoms with van der Waals surface area (Å²) >= 11 is 0. The van der Waals surface area contributed by atoms with Crippen molar-refractivity contribution < 1.29 is 23.7 Å². The lowest BCUT2D eigenvalue weighted by Gasteiger charge is -2.10. The minimum Gasteiger partial charge on any atom is -0.493 e. The predicted octanol–water partition coefficient (Wildman–Crippen LogP) is 2.56. The summed E-state index contributed by atoms with van der Waals surface area (Å²) in [6.07, 6.45) is 0. The summed E-state index contributed by atoms with van der Waals surface area (Å²) in [5.74, 6) is 1.78. The molecule has 2 aromatic rings. The van der Waals surface area contributed by atoms with Crippen LogP contribution in [-0.4, -0.2) is 26.3 Å². The number of Topliss-reactive ketones (excluding diaryl/α,β-unsaturated/α-hetero) is 1. The van der Waals surface area contributed by atoms with E-state index in [9.17, 15) is 4.79 Å². The van der Waals surface area contributed by atoms with Gasteiger partial charge in [0.2, 0.25) is 6.79 Å². The number of ketones is 1. The van der Waals surface area contributed by atoms with Crippen LogP contribution in [0.15, 0.2) is 36.4 Å². The molecule has 0 fully saturated rings. The number of rotatable bonds is 5. The molecule has 1 heterocycles. The molecule has 0 unspecified atom stereocenters. The quantitative estimate of drug-likeness (QED) is 0.790. The Hall–Kier alpha value is -3.20. The molecule has 0 atom stereocenters. The highest BCUT2D eigenvalue weighted by atomic mass is 16.7. The maximum Gasteiger partial charge on any atom is 0.231 e. The number of methoxy groups -OCH3 is 1. The van der Waals surface area contributed by atoms with E-state index in [1.807, 2.05) is 6.07 Å². The molecule has 0 aromatic heterocycles. The van der Waals surface area contributed by atoms with E-state index < -0.39 is 0 Å². The highest BCUT2D eigenvalue weighted by Crippen LogP contribution is 2.33. The first-order valence-corrected chi connectivity index (χ1v) is 6.85. The second-order valence-electron chi connectivity index (χ2n) is 4.76. The summed E-state index contributed by atoms with van der Waals surface area (Å²) in [4.78, 5) is 12.2. The van der Waals surface area contributed by atoms with Crippen LogP contribution in [0.2, 0.25) is 0 Å². The molecule has 0 aliphatic carbocycles. The molecule has 0 N–H and O–H groups in total. The van der Waals surface area contributed by atoms with Crippen LogP contribution in [0.1, 0.15) is 15.9 Å². The number of nitriles is 1. The molecule has 116 valence electrons. The minimum atomic E-state index is -0.199. The largest absolute Gasteiger partial charge is 0.493 e. The molecule has 0 spiro atoms. The zero-order valence-corrected chi connectivity index (χ0v) is 12.4. The lowest BCUT2D eigenvalue weighted by Crippen LogP contribution is -2.12. The van der Waals surface area contributed by atoms with Gasteiger partial charge in [0.05, 0.1) is 18.7 Å². The highest BCUT2D eigenvalue weighted by Gasteiger charge is 2.17. The molecule has 3 rings (SSSR count). The number of hydrogen-bond acceptors (Lipinski definition) is 6. The van der Waals surface area contributed by atoms with Gasteiger partial charge < -0.3 is 18.9 Å². The van der Waals surface area contributed by atoms with Gasteiger partial charge in [0.25, 0.3) is 0 Å². The van der Waals surface area contributed by atoms with E-state index in [0.717, 1.165) is 0 Å². The third-order valence-electron chi connectivity index (χ3n) is 3.35. The molecular weight excluding hydrogens is 298 g/mol. The molecule has 0 saturated heterocycles. The maximum atomic E-state index is 12.2. The number of benzene rings is 2. The summed E-state index contributed by atoms with van der Waals surface area (Å²) in [7, 11) is 1.48. The van der Waals surface area contributed by atoms with E-state index in [-0.39, 0.29) is 19.2 Å². The normalized spacial score (nSPS) is 11.7. The molecule has 0 bridgehead atoms. The highest BCUT2D eigenvalue weighted by molar-refractivity contribution is 5.97. The van der Waals surface area contributed by atoms with Gasteiger partial charge in [0.1, 0.15) is 0 Å². The summed E-state index contributed by atoms with van der Waals surface area (Å²) in [6.45, 7) is 0.00776. The van der Waals surface area contributed by atoms with E-state index in [4.69, 9.17) is 24.2 Å². The van der Waals surface area contributed by atoms with Crippen molar-refractivity contribution in [1.82, 2.24) is 0 Å². The minimum absolute atomic E-state index is 0.151. The van der Waals surface area contributed by atoms with Crippen molar-refractivity contribution in [2.75, 3.05) is 20.5 Å². The average molecular weight is 311 g/mol. The van der Waals surface area contributed by atoms with Gasteiger partial charge in [0, 0.05) is 11.6 Å². The fourth-order valence-corrected chi connectivity index (χ4v) is 2.15. The van der Waals surface area contributed by atoms with Crippen molar-refractivity contribution in [2.24, 2.45) is 0 Å². The molecule has 0 amide bonds. The van der Waals surface area contributed by atoms with E-state index in [1.54, 1.807) is 36.4 Å². The smallest absolute Gasteiger partial charge is 0.231 e. The van der Waals surface area contributed by atoms with Gasteiger partial charge in [-0.15, -0.1) is 0 Å². The zero-order chi connectivity index (χ0) is 16.2. The molecule has 6 heteroatoms. The standard InChI is InChI=1S/C17H13NO5/c1-20-16-6-11(8-18)2-4-14(16)21-9-13(19)12-3-5-15-17(7-12)23-10-22-15/h2-7H,9-10H2,1H3. The van der Waals surface area contributed by atoms with Gasteiger partial charge in [-0.05, 0) is 30.3 Å². The summed E-state index contributed by atoms with van der Waals surface area (Å²) in [5, 5.41) is 8.87. The summed E-state index contributed by atoms with van der Waals surface area (Å²) < 4.78 is 21.1. The summed E-state index contributed by atoms with van der Waals surface area (Å²) in [5.41, 5.74) is 0.929. The maximum absolute atomic E-state index is 12.2. The number of carbonyl (C=O) groups excluding carboxylic acids is 1. The van der Waals surface area contributed by atoms with Gasteiger partial charge in [0.15, 0.2) is 35.4 Å². The molecular formula is C17H13NO5. The van der Waals surface area contributed by atoms with E-state index in [2.05, 4.69) is 0 Å². The second-order valence-corrected chi connectivity index (χ2v) is 4.76. The van der Waals surface area contributed by atoms with Crippen molar-refractivity contribution in [2.45, 2.75) is 0 Å². The van der Waals surface area contributed by atoms with E-state index in [0.29, 0.717) is 34.1 Å². The first-order chi connectivity index (χ1) is 11.2. The Kier molecular flexibility index (Phi) is 4.02. The fraction of sp³-hybridized carbons (Fsp3) is 0.176. The van der Waals surface area contributed by atoms with Gasteiger partial charge in [-0.25, -0.2) is 0 Å². The lowest BCUT2D eigenvalue weighted by molar-refractivity contribution is 0.0919. The Labute approximate surface area is 132 Å². The van der Waals surface area contributed by atoms with Crippen molar-refractivity contribution in [1.29, 1.82) is 5.26 Å². The van der Waals surface area contributed by atoms with Crippen molar-refractivity contribution >= 4 is 5.78 Å². The molecule has 1 aliphatic heterocycles. The van der Waals surface area contributed by atoms with E-state index in [1.165, 1.54) is 7.11 Å². The first kappa shape index (κ1) is 14.7. The molecule has 0 radical (unpaired) electrons. The lowest BCUT2D eigenvalue weighted by atomic mass is 10.1. The number of hydrogen-bond donors (Lipinski definition) is 0. The monoisotopic (exact) mass is 311 g/mol. The molecule has 23 heavy (non-hydrogen) atoms. The molecule has 0 saturated carbocycles. The second kappa shape index (κ2) is 6.28. The topological polar surface area (TPSA) is 77.8 Å². The Balaban J connectivity index is 1.71. The number of carbonyl (C=O) groups is 1. The third kappa shape index (κ3) is 3.04. The molecule has 2 aromatic carbocycles. The third-order valence-corrected chi connectivity index (χ3v) is 3.35. The summed E-state index contributed by atoms with van der Waals surface area (Å²) in [6, 6.07) is 11.8. The Bertz CT molecular complexity index is 794. The van der Waals surface area contributed by atoms with Crippen molar-refractivity contribution in [3.63, 3.8) is 0 Å². The zero-order valence-electron chi connectivity index (χ0n) is 12.4. The fourth-order valence-electron chi connectivity index (χ4n) is 2.15. The van der Waals surface area contributed by atoms with Crippen LogP contribution in [0.3, 0.4) is 0 Å². The Morgan fingerprint density at radius 2 is 2.00 bits per heavy atom. The van der Waals surface area contributed by atoms with Crippen LogP contribution in [0, 0.1) is 11.3 Å². The number of ether oxygens (including phenoxy) is 4. The average Bonchev–Trinajstić information content (AvgIpc) is 3.07. The molecule has 6 nitrogen and oxygen atoms in total. The van der Waals surface area contributed by atoms with Crippen LogP contribution in [-0.2, 0) is 0 Å². The van der Waals surface area contributed by atoms with E-state index >= 15 is 0 Å². The van der Waals surface area contributed by atoms with Crippen LogP contribution in [0.5, 0.6) is 23.0 Å². The van der Waals surface area contributed by atoms with Crippen LogP contribution in [0.25, 0.3) is 0 Å². The Morgan fingerprint density at radius 3 is 2.78 bits per heavy atom. The molecule has 1 aliphatic rings. The SMILES string of the molecule is COc1cc(C#N)ccc1OCC(=O)c1ccc2c(c1)OCO2. The predicted molar refractivity (Wildman–Crippen MR) is 80.1 cm³/mol. The number of nitrogens with zero attached hydrogens (tertiary/aromatic N) is 1. The van der Waals surface area contributed by atoms with Crippen molar-refractivity contribution in [3.05, 3.63) is 47.5 Å². The van der Waals surface area contributed by atoms with Crippen LogP contribution in [0.4, 0.5) is 0 Å². The first-order valence-electron chi connectivity index (χ1n) is 6.85. The van der Waals surface area contributed by atoms with Crippen LogP contribution >= 0.6 is 0 Å². The Morgan fingerprint density at radius 1 is 1.17 bits per heavy atom. The van der Waals surface area contributed by atoms with Gasteiger partial charge in [-0.2, -0.15) is 5.26 Å². The van der Waals surface area contributed by atoms with Gasteiger partial charge in [-0.3, -0.25) is 4.79 Å². The van der Waals surface area contributed by atoms with Gasteiger partial charge in [-0.1, -0.05) is 0 Å². The van der Waals surface area contributed by atoms with Crippen LogP contribution < -0.4 is 18.9 Å².